The number of aromatic nitrogens is 2. The first-order valence-electron chi connectivity index (χ1n) is 13.1. The number of aliphatic carboxylic acids is 1. The summed E-state index contributed by atoms with van der Waals surface area (Å²) in [6.07, 6.45) is 3.94. The normalized spacial score (nSPS) is 15.0. The van der Waals surface area contributed by atoms with Crippen LogP contribution in [0.1, 0.15) is 51.8 Å². The van der Waals surface area contributed by atoms with Crippen molar-refractivity contribution in [2.45, 2.75) is 77.5 Å². The van der Waals surface area contributed by atoms with Gasteiger partial charge in [0.25, 0.3) is 0 Å². The fraction of sp³-hybridized carbons (Fsp3) is 0.519. The molecule has 0 saturated heterocycles. The molecule has 12 heteroatoms. The van der Waals surface area contributed by atoms with E-state index in [4.69, 9.17) is 5.73 Å². The summed E-state index contributed by atoms with van der Waals surface area (Å²) in [5.74, 6) is -3.15. The van der Waals surface area contributed by atoms with E-state index in [0.29, 0.717) is 12.1 Å². The maximum atomic E-state index is 13.4. The second-order valence-electron chi connectivity index (χ2n) is 10.2. The quantitative estimate of drug-likeness (QED) is 0.171. The minimum absolute atomic E-state index is 0.0165. The molecule has 0 spiro atoms. The van der Waals surface area contributed by atoms with E-state index in [1.807, 2.05) is 20.8 Å². The van der Waals surface area contributed by atoms with Crippen molar-refractivity contribution in [3.8, 4) is 5.75 Å². The number of hydrogen-bond acceptors (Lipinski definition) is 7. The fourth-order valence-corrected chi connectivity index (χ4v) is 3.99. The molecule has 5 unspecified atom stereocenters. The number of carboxylic acid groups (broad SMARTS) is 1. The van der Waals surface area contributed by atoms with Gasteiger partial charge in [0, 0.05) is 18.3 Å². The van der Waals surface area contributed by atoms with E-state index in [2.05, 4.69) is 25.9 Å². The van der Waals surface area contributed by atoms with Gasteiger partial charge >= 0.3 is 5.97 Å². The number of hydrogen-bond donors (Lipinski definition) is 7. The van der Waals surface area contributed by atoms with Gasteiger partial charge in [-0.3, -0.25) is 14.4 Å². The maximum Gasteiger partial charge on any atom is 0.326 e. The van der Waals surface area contributed by atoms with Gasteiger partial charge in [-0.05, 0) is 42.4 Å². The summed E-state index contributed by atoms with van der Waals surface area (Å²) < 4.78 is 0. The molecule has 1 heterocycles. The summed E-state index contributed by atoms with van der Waals surface area (Å²) in [4.78, 5) is 58.0. The zero-order valence-corrected chi connectivity index (χ0v) is 22.8. The van der Waals surface area contributed by atoms with Gasteiger partial charge in [-0.15, -0.1) is 0 Å². The summed E-state index contributed by atoms with van der Waals surface area (Å²) in [6, 6.07) is 2.12. The minimum Gasteiger partial charge on any atom is -0.508 e. The number of rotatable bonds is 15. The monoisotopic (exact) mass is 544 g/mol. The second-order valence-corrected chi connectivity index (χ2v) is 10.2. The lowest BCUT2D eigenvalue weighted by Gasteiger charge is -2.28. The van der Waals surface area contributed by atoms with Gasteiger partial charge in [-0.25, -0.2) is 9.78 Å². The van der Waals surface area contributed by atoms with E-state index in [1.54, 1.807) is 19.1 Å². The molecule has 0 radical (unpaired) electrons. The van der Waals surface area contributed by atoms with Gasteiger partial charge in [-0.1, -0.05) is 46.2 Å². The number of carbonyl (C=O) groups is 4. The van der Waals surface area contributed by atoms with Crippen LogP contribution in [0, 0.1) is 11.8 Å². The Morgan fingerprint density at radius 2 is 1.59 bits per heavy atom. The number of carbonyl (C=O) groups excluding carboxylic acids is 3. The number of H-pyrrole nitrogens is 1. The smallest absolute Gasteiger partial charge is 0.326 e. The molecule has 0 aliphatic rings. The van der Waals surface area contributed by atoms with Crippen molar-refractivity contribution in [1.82, 2.24) is 25.9 Å². The van der Waals surface area contributed by atoms with E-state index < -0.39 is 47.9 Å². The summed E-state index contributed by atoms with van der Waals surface area (Å²) >= 11 is 0. The highest BCUT2D eigenvalue weighted by Gasteiger charge is 2.33. The molecule has 39 heavy (non-hydrogen) atoms. The van der Waals surface area contributed by atoms with Crippen LogP contribution >= 0.6 is 0 Å². The largest absolute Gasteiger partial charge is 0.508 e. The third-order valence-electron chi connectivity index (χ3n) is 6.46. The number of phenolic OH excluding ortho intramolecular Hbond substituents is 1. The Labute approximate surface area is 228 Å². The zero-order chi connectivity index (χ0) is 29.1. The number of aromatic amines is 1. The first kappa shape index (κ1) is 31.3. The molecule has 0 saturated carbocycles. The number of phenols is 1. The maximum absolute atomic E-state index is 13.4. The Morgan fingerprint density at radius 1 is 0.949 bits per heavy atom. The Bertz CT molecular complexity index is 1090. The van der Waals surface area contributed by atoms with Crippen LogP contribution in [0.3, 0.4) is 0 Å². The van der Waals surface area contributed by atoms with Gasteiger partial charge in [-0.2, -0.15) is 0 Å². The molecule has 2 rings (SSSR count). The van der Waals surface area contributed by atoms with Crippen LogP contribution in [0.25, 0.3) is 0 Å². The van der Waals surface area contributed by atoms with Crippen LogP contribution in [0.15, 0.2) is 36.8 Å². The summed E-state index contributed by atoms with van der Waals surface area (Å²) in [7, 11) is 0. The molecule has 0 aliphatic carbocycles. The van der Waals surface area contributed by atoms with Crippen LogP contribution in [0.4, 0.5) is 0 Å². The molecule has 1 aromatic carbocycles. The molecule has 0 fully saturated rings. The molecule has 12 nitrogen and oxygen atoms in total. The number of nitrogens with zero attached hydrogens (tertiary/aromatic N) is 1. The fourth-order valence-electron chi connectivity index (χ4n) is 3.99. The SMILES string of the molecule is CCC(C)C(NC(=O)C(N)Cc1ccc(O)cc1)C(=O)NC(Cc1cnc[nH]1)C(=O)NC(CC(C)C)C(=O)O. The van der Waals surface area contributed by atoms with Crippen molar-refractivity contribution in [3.05, 3.63) is 48.0 Å². The molecule has 5 atom stereocenters. The highest BCUT2D eigenvalue weighted by Crippen LogP contribution is 2.13. The predicted molar refractivity (Wildman–Crippen MR) is 144 cm³/mol. The number of carboxylic acids is 1. The molecule has 1 aromatic heterocycles. The average molecular weight is 545 g/mol. The third-order valence-corrected chi connectivity index (χ3v) is 6.46. The molecule has 0 aliphatic heterocycles. The first-order valence-corrected chi connectivity index (χ1v) is 13.1. The Kier molecular flexibility index (Phi) is 11.9. The van der Waals surface area contributed by atoms with Crippen molar-refractivity contribution in [2.75, 3.05) is 0 Å². The van der Waals surface area contributed by atoms with Crippen LogP contribution in [-0.2, 0) is 32.0 Å². The number of aromatic hydroxyl groups is 1. The first-order chi connectivity index (χ1) is 18.4. The Balaban J connectivity index is 2.18. The highest BCUT2D eigenvalue weighted by molar-refractivity contribution is 5.94. The molecule has 214 valence electrons. The van der Waals surface area contributed by atoms with Crippen molar-refractivity contribution in [3.63, 3.8) is 0 Å². The number of amides is 3. The zero-order valence-electron chi connectivity index (χ0n) is 22.8. The van der Waals surface area contributed by atoms with Gasteiger partial charge in [0.05, 0.1) is 12.4 Å². The van der Waals surface area contributed by atoms with Gasteiger partial charge in [0.15, 0.2) is 0 Å². The summed E-state index contributed by atoms with van der Waals surface area (Å²) in [5, 5.41) is 27.0. The van der Waals surface area contributed by atoms with Gasteiger partial charge in [0.2, 0.25) is 17.7 Å². The lowest BCUT2D eigenvalue weighted by molar-refractivity contribution is -0.142. The molecule has 2 aromatic rings. The Hall–Kier alpha value is -3.93. The van der Waals surface area contributed by atoms with Gasteiger partial charge < -0.3 is 36.9 Å². The van der Waals surface area contributed by atoms with Gasteiger partial charge in [0.1, 0.15) is 23.9 Å². The average Bonchev–Trinajstić information content (AvgIpc) is 3.39. The van der Waals surface area contributed by atoms with Crippen LogP contribution < -0.4 is 21.7 Å². The lowest BCUT2D eigenvalue weighted by Crippen LogP contribution is -2.59. The standard InChI is InChI=1S/C27H40N6O6/c1-5-16(4)23(33-24(35)20(28)11-17-6-8-19(34)9-7-17)26(37)31-21(12-18-13-29-14-30-18)25(36)32-22(27(38)39)10-15(2)3/h6-9,13-16,20-23,34H,5,10-12,28H2,1-4H3,(H,29,30)(H,31,37)(H,32,36)(H,33,35)(H,38,39). The van der Waals surface area contributed by atoms with E-state index >= 15 is 0 Å². The molecule has 3 amide bonds. The second kappa shape index (κ2) is 14.9. The lowest BCUT2D eigenvalue weighted by atomic mass is 9.96. The minimum atomic E-state index is -1.17. The van der Waals surface area contributed by atoms with E-state index in [0.717, 1.165) is 5.56 Å². The number of nitrogens with two attached hydrogens (primary N) is 1. The highest BCUT2D eigenvalue weighted by atomic mass is 16.4. The van der Waals surface area contributed by atoms with E-state index in [9.17, 15) is 29.4 Å². The topological polar surface area (TPSA) is 200 Å². The molecular weight excluding hydrogens is 504 g/mol. The Morgan fingerprint density at radius 3 is 2.13 bits per heavy atom. The van der Waals surface area contributed by atoms with E-state index in [1.165, 1.54) is 24.7 Å². The third kappa shape index (κ3) is 10.0. The summed E-state index contributed by atoms with van der Waals surface area (Å²) in [5.41, 5.74) is 7.41. The van der Waals surface area contributed by atoms with Crippen LogP contribution in [0.5, 0.6) is 5.75 Å². The van der Waals surface area contributed by atoms with Crippen LogP contribution in [-0.4, -0.2) is 68.0 Å². The van der Waals surface area contributed by atoms with Crippen molar-refractivity contribution >= 4 is 23.7 Å². The number of imidazole rings is 1. The van der Waals surface area contributed by atoms with Crippen molar-refractivity contribution < 1.29 is 29.4 Å². The molecular formula is C27H40N6O6. The van der Waals surface area contributed by atoms with Crippen molar-refractivity contribution in [2.24, 2.45) is 17.6 Å². The molecule has 0 bridgehead atoms. The summed E-state index contributed by atoms with van der Waals surface area (Å²) in [6.45, 7) is 7.35. The predicted octanol–water partition coefficient (Wildman–Crippen LogP) is 0.859. The number of benzene rings is 1. The van der Waals surface area contributed by atoms with Crippen molar-refractivity contribution in [1.29, 1.82) is 0 Å². The number of nitrogens with one attached hydrogen (secondary N) is 4. The molecule has 8 N–H and O–H groups in total. The van der Waals surface area contributed by atoms with Crippen LogP contribution in [0.2, 0.25) is 0 Å². The van der Waals surface area contributed by atoms with E-state index in [-0.39, 0.29) is 36.8 Å².